The van der Waals surface area contributed by atoms with Gasteiger partial charge in [-0.05, 0) is 42.5 Å². The second kappa shape index (κ2) is 8.66. The molecule has 0 saturated carbocycles. The average molecular weight is 371 g/mol. The minimum absolute atomic E-state index is 0.00106. The topological polar surface area (TPSA) is 57.2 Å². The quantitative estimate of drug-likeness (QED) is 0.779. The lowest BCUT2D eigenvalue weighted by molar-refractivity contribution is 0.0595. The van der Waals surface area contributed by atoms with Crippen LogP contribution in [-0.4, -0.2) is 51.3 Å². The molecule has 0 bridgehead atoms. The first-order valence-corrected chi connectivity index (χ1v) is 8.96. The van der Waals surface area contributed by atoms with Crippen molar-refractivity contribution in [3.05, 3.63) is 48.0 Å². The second-order valence-corrected chi connectivity index (χ2v) is 6.35. The zero-order valence-electron chi connectivity index (χ0n) is 15.9. The Bertz CT molecular complexity index is 767. The number of ether oxygens (including phenoxy) is 4. The number of benzene rings is 2. The molecule has 1 aliphatic heterocycles. The van der Waals surface area contributed by atoms with Gasteiger partial charge in [-0.2, -0.15) is 0 Å². The molecule has 2 aromatic rings. The number of likely N-dealkylation sites (tertiary alicyclic amines) is 1. The van der Waals surface area contributed by atoms with Crippen molar-refractivity contribution in [3.8, 4) is 23.0 Å². The largest absolute Gasteiger partial charge is 0.497 e. The fraction of sp³-hybridized carbons (Fsp3) is 0.381. The van der Waals surface area contributed by atoms with Gasteiger partial charge in [0.15, 0.2) is 11.5 Å². The Labute approximate surface area is 159 Å². The molecule has 0 aromatic heterocycles. The van der Waals surface area contributed by atoms with Crippen molar-refractivity contribution in [1.29, 1.82) is 0 Å². The van der Waals surface area contributed by atoms with Crippen LogP contribution >= 0.6 is 0 Å². The Morgan fingerprint density at radius 1 is 0.852 bits per heavy atom. The highest BCUT2D eigenvalue weighted by atomic mass is 16.5. The van der Waals surface area contributed by atoms with Crippen molar-refractivity contribution >= 4 is 5.91 Å². The maximum absolute atomic E-state index is 12.8. The summed E-state index contributed by atoms with van der Waals surface area (Å²) in [5.74, 6) is 2.79. The Balaban J connectivity index is 1.57. The smallest absolute Gasteiger partial charge is 0.253 e. The van der Waals surface area contributed by atoms with Gasteiger partial charge in [0.1, 0.15) is 17.6 Å². The molecular weight excluding hydrogens is 346 g/mol. The van der Waals surface area contributed by atoms with Gasteiger partial charge in [0.25, 0.3) is 5.91 Å². The van der Waals surface area contributed by atoms with Gasteiger partial charge in [-0.3, -0.25) is 4.79 Å². The van der Waals surface area contributed by atoms with Gasteiger partial charge in [0.2, 0.25) is 0 Å². The Morgan fingerprint density at radius 3 is 2.07 bits per heavy atom. The minimum Gasteiger partial charge on any atom is -0.497 e. The first-order valence-electron chi connectivity index (χ1n) is 8.96. The third-order valence-corrected chi connectivity index (χ3v) is 4.72. The lowest BCUT2D eigenvalue weighted by Crippen LogP contribution is -2.41. The summed E-state index contributed by atoms with van der Waals surface area (Å²) in [4.78, 5) is 14.6. The number of methoxy groups -OCH3 is 3. The van der Waals surface area contributed by atoms with Crippen LogP contribution in [0.3, 0.4) is 0 Å². The van der Waals surface area contributed by atoms with Gasteiger partial charge in [-0.1, -0.05) is 0 Å². The van der Waals surface area contributed by atoms with Crippen LogP contribution in [-0.2, 0) is 0 Å². The first kappa shape index (κ1) is 18.9. The van der Waals surface area contributed by atoms with Gasteiger partial charge in [-0.25, -0.2) is 0 Å². The zero-order chi connectivity index (χ0) is 19.2. The van der Waals surface area contributed by atoms with E-state index in [0.717, 1.165) is 24.3 Å². The van der Waals surface area contributed by atoms with E-state index in [1.807, 2.05) is 29.2 Å². The van der Waals surface area contributed by atoms with E-state index < -0.39 is 0 Å². The lowest BCUT2D eigenvalue weighted by atomic mass is 10.1. The number of carbonyl (C=O) groups excluding carboxylic acids is 1. The summed E-state index contributed by atoms with van der Waals surface area (Å²) >= 11 is 0. The van der Waals surface area contributed by atoms with E-state index in [2.05, 4.69) is 0 Å². The molecule has 0 radical (unpaired) electrons. The predicted octanol–water partition coefficient (Wildman–Crippen LogP) is 3.40. The number of rotatable bonds is 6. The molecule has 0 aliphatic carbocycles. The van der Waals surface area contributed by atoms with E-state index >= 15 is 0 Å². The third kappa shape index (κ3) is 4.45. The lowest BCUT2D eigenvalue weighted by Gasteiger charge is -2.32. The average Bonchev–Trinajstić information content (AvgIpc) is 2.73. The number of nitrogens with zero attached hydrogens (tertiary/aromatic N) is 1. The summed E-state index contributed by atoms with van der Waals surface area (Å²) in [7, 11) is 4.78. The number of hydrogen-bond donors (Lipinski definition) is 0. The summed E-state index contributed by atoms with van der Waals surface area (Å²) in [6, 6.07) is 12.8. The summed E-state index contributed by atoms with van der Waals surface area (Å²) in [6.45, 7) is 1.32. The summed E-state index contributed by atoms with van der Waals surface area (Å²) in [6.07, 6.45) is 1.70. The molecule has 1 heterocycles. The molecular formula is C21H25NO5. The Morgan fingerprint density at radius 2 is 1.48 bits per heavy atom. The normalized spacial score (nSPS) is 14.6. The van der Waals surface area contributed by atoms with Crippen LogP contribution in [0.25, 0.3) is 0 Å². The van der Waals surface area contributed by atoms with Crippen LogP contribution in [0.5, 0.6) is 23.0 Å². The molecule has 1 saturated heterocycles. The Kier molecular flexibility index (Phi) is 6.06. The predicted molar refractivity (Wildman–Crippen MR) is 102 cm³/mol. The minimum atomic E-state index is -0.00106. The van der Waals surface area contributed by atoms with Crippen molar-refractivity contribution < 1.29 is 23.7 Å². The first-order chi connectivity index (χ1) is 13.1. The highest BCUT2D eigenvalue weighted by Gasteiger charge is 2.25. The molecule has 1 aliphatic rings. The zero-order valence-corrected chi connectivity index (χ0v) is 15.9. The molecule has 27 heavy (non-hydrogen) atoms. The van der Waals surface area contributed by atoms with E-state index in [1.165, 1.54) is 0 Å². The summed E-state index contributed by atoms with van der Waals surface area (Å²) in [5, 5.41) is 0. The van der Waals surface area contributed by atoms with E-state index in [4.69, 9.17) is 18.9 Å². The second-order valence-electron chi connectivity index (χ2n) is 6.35. The Hall–Kier alpha value is -2.89. The highest BCUT2D eigenvalue weighted by Crippen LogP contribution is 2.29. The maximum Gasteiger partial charge on any atom is 0.253 e. The summed E-state index contributed by atoms with van der Waals surface area (Å²) in [5.41, 5.74) is 0.599. The van der Waals surface area contributed by atoms with Gasteiger partial charge >= 0.3 is 0 Å². The van der Waals surface area contributed by atoms with Crippen LogP contribution in [0, 0.1) is 0 Å². The van der Waals surface area contributed by atoms with E-state index in [9.17, 15) is 4.79 Å². The standard InChI is InChI=1S/C21H25NO5/c1-24-16-5-7-17(8-6-16)27-18-10-12-22(13-11-18)21(23)15-4-9-19(25-2)20(14-15)26-3/h4-9,14,18H,10-13H2,1-3H3. The number of carbonyl (C=O) groups is 1. The van der Waals surface area contributed by atoms with Crippen molar-refractivity contribution in [2.45, 2.75) is 18.9 Å². The number of hydrogen-bond acceptors (Lipinski definition) is 5. The molecule has 6 heteroatoms. The van der Waals surface area contributed by atoms with Crippen molar-refractivity contribution in [3.63, 3.8) is 0 Å². The van der Waals surface area contributed by atoms with Gasteiger partial charge in [0, 0.05) is 31.5 Å². The maximum atomic E-state index is 12.8. The van der Waals surface area contributed by atoms with Crippen molar-refractivity contribution in [1.82, 2.24) is 4.90 Å². The third-order valence-electron chi connectivity index (χ3n) is 4.72. The van der Waals surface area contributed by atoms with Gasteiger partial charge < -0.3 is 23.8 Å². The van der Waals surface area contributed by atoms with Crippen LogP contribution in [0.2, 0.25) is 0 Å². The van der Waals surface area contributed by atoms with E-state index in [-0.39, 0.29) is 12.0 Å². The van der Waals surface area contributed by atoms with Crippen LogP contribution in [0.4, 0.5) is 0 Å². The number of piperidine rings is 1. The van der Waals surface area contributed by atoms with E-state index in [1.54, 1.807) is 39.5 Å². The van der Waals surface area contributed by atoms with Crippen molar-refractivity contribution in [2.75, 3.05) is 34.4 Å². The number of amides is 1. The van der Waals surface area contributed by atoms with Crippen LogP contribution < -0.4 is 18.9 Å². The molecule has 144 valence electrons. The van der Waals surface area contributed by atoms with Crippen molar-refractivity contribution in [2.24, 2.45) is 0 Å². The van der Waals surface area contributed by atoms with E-state index in [0.29, 0.717) is 30.2 Å². The molecule has 1 amide bonds. The molecule has 3 rings (SSSR count). The van der Waals surface area contributed by atoms with Crippen LogP contribution in [0.1, 0.15) is 23.2 Å². The molecule has 6 nitrogen and oxygen atoms in total. The molecule has 0 N–H and O–H groups in total. The molecule has 1 fully saturated rings. The molecule has 2 aromatic carbocycles. The molecule has 0 atom stereocenters. The SMILES string of the molecule is COc1ccc(OC2CCN(C(=O)c3ccc(OC)c(OC)c3)CC2)cc1. The molecule has 0 spiro atoms. The van der Waals surface area contributed by atoms with Gasteiger partial charge in [-0.15, -0.1) is 0 Å². The fourth-order valence-corrected chi connectivity index (χ4v) is 3.18. The van der Waals surface area contributed by atoms with Gasteiger partial charge in [0.05, 0.1) is 21.3 Å². The highest BCUT2D eigenvalue weighted by molar-refractivity contribution is 5.95. The molecule has 0 unspecified atom stereocenters. The summed E-state index contributed by atoms with van der Waals surface area (Å²) < 4.78 is 21.7. The monoisotopic (exact) mass is 371 g/mol. The van der Waals surface area contributed by atoms with Crippen LogP contribution in [0.15, 0.2) is 42.5 Å². The fourth-order valence-electron chi connectivity index (χ4n) is 3.18.